The molecule has 0 spiro atoms. The van der Waals surface area contributed by atoms with Crippen LogP contribution in [0.2, 0.25) is 0 Å². The van der Waals surface area contributed by atoms with Crippen LogP contribution in [0.15, 0.2) is 0 Å². The summed E-state index contributed by atoms with van der Waals surface area (Å²) in [6.45, 7) is 7.82. The minimum Gasteiger partial charge on any atom is -0.465 e. The lowest BCUT2D eigenvalue weighted by molar-refractivity contribution is -0.155. The van der Waals surface area contributed by atoms with Crippen LogP contribution >= 0.6 is 0 Å². The van der Waals surface area contributed by atoms with Crippen LogP contribution in [0.3, 0.4) is 0 Å². The summed E-state index contributed by atoms with van der Waals surface area (Å²) in [7, 11) is 0. The second kappa shape index (κ2) is 18.5. The first-order chi connectivity index (χ1) is 15.0. The lowest BCUT2D eigenvalue weighted by atomic mass is 9.81. The molecule has 0 amide bonds. The molecule has 0 N–H and O–H groups in total. The molecule has 182 valence electrons. The maximum absolute atomic E-state index is 12.4. The molecule has 2 unspecified atom stereocenters. The third kappa shape index (κ3) is 14.6. The fraction of sp³-hybridized carbons (Fsp3) is 0.926. The van der Waals surface area contributed by atoms with Crippen LogP contribution in [0.25, 0.3) is 0 Å². The minimum atomic E-state index is -0.128. The highest BCUT2D eigenvalue weighted by Gasteiger charge is 2.32. The Kier molecular flexibility index (Phi) is 16.7. The van der Waals surface area contributed by atoms with Gasteiger partial charge in [0.15, 0.2) is 0 Å². The molecule has 1 saturated carbocycles. The second-order valence-corrected chi connectivity index (χ2v) is 9.97. The first-order valence-corrected chi connectivity index (χ1v) is 13.4. The topological polar surface area (TPSA) is 52.6 Å². The molecule has 4 heteroatoms. The maximum Gasteiger partial charge on any atom is 0.308 e. The van der Waals surface area contributed by atoms with E-state index in [9.17, 15) is 9.59 Å². The summed E-state index contributed by atoms with van der Waals surface area (Å²) in [5, 5.41) is 0. The molecule has 0 bridgehead atoms. The van der Waals surface area contributed by atoms with Gasteiger partial charge in [-0.3, -0.25) is 9.59 Å². The molecule has 2 atom stereocenters. The first-order valence-electron chi connectivity index (χ1n) is 13.4. The van der Waals surface area contributed by atoms with Crippen molar-refractivity contribution in [2.45, 2.75) is 130 Å². The molecule has 31 heavy (non-hydrogen) atoms. The smallest absolute Gasteiger partial charge is 0.308 e. The molecule has 0 aromatic rings. The fourth-order valence-corrected chi connectivity index (χ4v) is 4.44. The van der Waals surface area contributed by atoms with Crippen molar-refractivity contribution in [1.82, 2.24) is 0 Å². The zero-order valence-corrected chi connectivity index (χ0v) is 20.8. The lowest BCUT2D eigenvalue weighted by Gasteiger charge is -2.26. The van der Waals surface area contributed by atoms with Gasteiger partial charge >= 0.3 is 11.9 Å². The van der Waals surface area contributed by atoms with Crippen LogP contribution < -0.4 is 0 Å². The quantitative estimate of drug-likeness (QED) is 0.163. The highest BCUT2D eigenvalue weighted by Crippen LogP contribution is 2.31. The summed E-state index contributed by atoms with van der Waals surface area (Å²) in [5.74, 6) is 0.349. The Morgan fingerprint density at radius 2 is 1.16 bits per heavy atom. The molecule has 0 aromatic carbocycles. The van der Waals surface area contributed by atoms with Crippen molar-refractivity contribution < 1.29 is 19.1 Å². The van der Waals surface area contributed by atoms with Gasteiger partial charge in [0.2, 0.25) is 0 Å². The van der Waals surface area contributed by atoms with Gasteiger partial charge in [-0.15, -0.1) is 0 Å². The zero-order chi connectivity index (χ0) is 22.7. The molecule has 4 nitrogen and oxygen atoms in total. The van der Waals surface area contributed by atoms with E-state index < -0.39 is 0 Å². The van der Waals surface area contributed by atoms with Gasteiger partial charge in [0.05, 0.1) is 25.0 Å². The number of carbonyl (C=O) groups is 2. The monoisotopic (exact) mass is 438 g/mol. The van der Waals surface area contributed by atoms with Crippen LogP contribution in [0.4, 0.5) is 0 Å². The van der Waals surface area contributed by atoms with Crippen LogP contribution in [0.1, 0.15) is 130 Å². The molecule has 1 aliphatic rings. The van der Waals surface area contributed by atoms with Gasteiger partial charge in [0, 0.05) is 0 Å². The van der Waals surface area contributed by atoms with E-state index in [4.69, 9.17) is 9.47 Å². The van der Waals surface area contributed by atoms with Crippen LogP contribution in [0.5, 0.6) is 0 Å². The van der Waals surface area contributed by atoms with Crippen molar-refractivity contribution in [2.75, 3.05) is 13.2 Å². The van der Waals surface area contributed by atoms with Gasteiger partial charge in [-0.05, 0) is 38.0 Å². The SMILES string of the molecule is CCCCCCCOC(=O)C1CCCC(C(=O)OCCCCCCCCCC(C)C)C1. The highest BCUT2D eigenvalue weighted by molar-refractivity contribution is 5.76. The number of rotatable bonds is 18. The molecular weight excluding hydrogens is 388 g/mol. The average molecular weight is 439 g/mol. The Labute approximate surface area is 192 Å². The molecule has 1 fully saturated rings. The summed E-state index contributed by atoms with van der Waals surface area (Å²) in [6.07, 6.45) is 18.9. The normalized spacial score (nSPS) is 18.8. The molecular formula is C27H50O4. The molecule has 0 aliphatic heterocycles. The Morgan fingerprint density at radius 1 is 0.710 bits per heavy atom. The zero-order valence-electron chi connectivity index (χ0n) is 20.8. The number of carbonyl (C=O) groups excluding carboxylic acids is 2. The molecule has 0 saturated heterocycles. The predicted molar refractivity (Wildman–Crippen MR) is 128 cm³/mol. The highest BCUT2D eigenvalue weighted by atomic mass is 16.5. The Bertz CT molecular complexity index is 460. The molecule has 0 radical (unpaired) electrons. The van der Waals surface area contributed by atoms with E-state index in [1.54, 1.807) is 0 Å². The number of esters is 2. The summed E-state index contributed by atoms with van der Waals surface area (Å²) < 4.78 is 11.0. The number of hydrogen-bond acceptors (Lipinski definition) is 4. The van der Waals surface area contributed by atoms with Crippen molar-refractivity contribution in [3.05, 3.63) is 0 Å². The number of unbranched alkanes of at least 4 members (excludes halogenated alkanes) is 10. The van der Waals surface area contributed by atoms with Crippen molar-refractivity contribution in [1.29, 1.82) is 0 Å². The summed E-state index contributed by atoms with van der Waals surface area (Å²) >= 11 is 0. The largest absolute Gasteiger partial charge is 0.465 e. The third-order valence-corrected chi connectivity index (χ3v) is 6.50. The van der Waals surface area contributed by atoms with Gasteiger partial charge < -0.3 is 9.47 Å². The molecule has 0 heterocycles. The van der Waals surface area contributed by atoms with Crippen LogP contribution in [-0.4, -0.2) is 25.2 Å². The number of hydrogen-bond donors (Lipinski definition) is 0. The van der Waals surface area contributed by atoms with E-state index >= 15 is 0 Å². The summed E-state index contributed by atoms with van der Waals surface area (Å²) in [4.78, 5) is 24.8. The second-order valence-electron chi connectivity index (χ2n) is 9.97. The van der Waals surface area contributed by atoms with Crippen molar-refractivity contribution >= 4 is 11.9 Å². The summed E-state index contributed by atoms with van der Waals surface area (Å²) in [5.41, 5.74) is 0. The van der Waals surface area contributed by atoms with Crippen molar-refractivity contribution in [3.63, 3.8) is 0 Å². The minimum absolute atomic E-state index is 0.106. The summed E-state index contributed by atoms with van der Waals surface area (Å²) in [6, 6.07) is 0. The van der Waals surface area contributed by atoms with E-state index in [2.05, 4.69) is 20.8 Å². The van der Waals surface area contributed by atoms with Gasteiger partial charge in [0.25, 0.3) is 0 Å². The lowest BCUT2D eigenvalue weighted by Crippen LogP contribution is -2.30. The third-order valence-electron chi connectivity index (χ3n) is 6.50. The van der Waals surface area contributed by atoms with Gasteiger partial charge in [-0.25, -0.2) is 0 Å². The van der Waals surface area contributed by atoms with E-state index in [1.165, 1.54) is 57.8 Å². The van der Waals surface area contributed by atoms with Gasteiger partial charge in [0.1, 0.15) is 0 Å². The fourth-order valence-electron chi connectivity index (χ4n) is 4.44. The average Bonchev–Trinajstić information content (AvgIpc) is 2.77. The molecule has 0 aromatic heterocycles. The van der Waals surface area contributed by atoms with Crippen molar-refractivity contribution in [3.8, 4) is 0 Å². The Morgan fingerprint density at radius 3 is 1.65 bits per heavy atom. The predicted octanol–water partition coefficient (Wildman–Crippen LogP) is 7.63. The maximum atomic E-state index is 12.4. The standard InChI is InChI=1S/C27H50O4/c1-4-5-6-11-14-20-30-26(28)24-18-16-19-25(22-24)27(29)31-21-15-12-9-7-8-10-13-17-23(2)3/h23-25H,4-22H2,1-3H3. The van der Waals surface area contributed by atoms with E-state index in [0.717, 1.165) is 50.9 Å². The van der Waals surface area contributed by atoms with E-state index in [1.807, 2.05) is 0 Å². The number of ether oxygens (including phenoxy) is 2. The Hall–Kier alpha value is -1.06. The molecule has 1 aliphatic carbocycles. The van der Waals surface area contributed by atoms with E-state index in [-0.39, 0.29) is 23.8 Å². The van der Waals surface area contributed by atoms with Crippen LogP contribution in [0, 0.1) is 17.8 Å². The molecule has 1 rings (SSSR count). The van der Waals surface area contributed by atoms with Gasteiger partial charge in [-0.1, -0.05) is 97.8 Å². The Balaban J connectivity index is 2.06. The van der Waals surface area contributed by atoms with Crippen molar-refractivity contribution in [2.24, 2.45) is 17.8 Å². The van der Waals surface area contributed by atoms with Gasteiger partial charge in [-0.2, -0.15) is 0 Å². The van der Waals surface area contributed by atoms with E-state index in [0.29, 0.717) is 19.6 Å². The first kappa shape index (κ1) is 28.0. The van der Waals surface area contributed by atoms with Crippen LogP contribution in [-0.2, 0) is 19.1 Å².